The third-order valence-corrected chi connectivity index (χ3v) is 7.32. The molecular weight excluding hydrogens is 526 g/mol. The van der Waals surface area contributed by atoms with Crippen LogP contribution in [-0.4, -0.2) is 62.6 Å². The van der Waals surface area contributed by atoms with Crippen molar-refractivity contribution in [3.05, 3.63) is 70.7 Å². The molecule has 216 valence electrons. The van der Waals surface area contributed by atoms with Crippen LogP contribution in [0.3, 0.4) is 0 Å². The maximum absolute atomic E-state index is 13.3. The number of ether oxygens (including phenoxy) is 3. The summed E-state index contributed by atoms with van der Waals surface area (Å²) in [4.78, 5) is 40.3. The van der Waals surface area contributed by atoms with Gasteiger partial charge in [-0.1, -0.05) is 12.1 Å². The van der Waals surface area contributed by atoms with Crippen molar-refractivity contribution in [3.63, 3.8) is 0 Å². The molecule has 10 nitrogen and oxygen atoms in total. The number of aryl methyl sites for hydroxylation is 2. The molecule has 4 heterocycles. The van der Waals surface area contributed by atoms with Crippen molar-refractivity contribution in [2.24, 2.45) is 0 Å². The van der Waals surface area contributed by atoms with E-state index in [1.165, 1.54) is 4.90 Å². The van der Waals surface area contributed by atoms with Crippen molar-refractivity contribution in [1.82, 2.24) is 10.2 Å². The number of nitrogens with one attached hydrogen (secondary N) is 2. The Balaban J connectivity index is 1.40. The van der Waals surface area contributed by atoms with E-state index >= 15 is 0 Å². The highest BCUT2D eigenvalue weighted by atomic mass is 16.5. The predicted octanol–water partition coefficient (Wildman–Crippen LogP) is 4.19. The summed E-state index contributed by atoms with van der Waals surface area (Å²) in [6.45, 7) is 4.70. The maximum atomic E-state index is 13.3. The predicted molar refractivity (Wildman–Crippen MR) is 152 cm³/mol. The fourth-order valence-corrected chi connectivity index (χ4v) is 5.30. The number of hydrogen-bond donors (Lipinski definition) is 2. The zero-order valence-electron chi connectivity index (χ0n) is 23.6. The normalized spacial score (nSPS) is 18.0. The second-order valence-corrected chi connectivity index (χ2v) is 10.3. The van der Waals surface area contributed by atoms with Crippen molar-refractivity contribution in [2.45, 2.75) is 39.0 Å². The average molecular weight is 562 g/mol. The van der Waals surface area contributed by atoms with Gasteiger partial charge in [-0.25, -0.2) is 0 Å². The number of rotatable bonds is 2. The number of anilines is 1. The van der Waals surface area contributed by atoms with Crippen LogP contribution in [0.5, 0.6) is 17.2 Å². The number of furan rings is 1. The number of amides is 3. The quantitative estimate of drug-likeness (QED) is 0.451. The van der Waals surface area contributed by atoms with Crippen molar-refractivity contribution in [1.29, 1.82) is 0 Å². The lowest BCUT2D eigenvalue weighted by atomic mass is 9.84. The van der Waals surface area contributed by atoms with Crippen molar-refractivity contribution in [3.8, 4) is 17.2 Å². The molecule has 41 heavy (non-hydrogen) atoms. The van der Waals surface area contributed by atoms with Gasteiger partial charge in [-0.15, -0.1) is 0 Å². The number of hydrogen-bond acceptors (Lipinski definition) is 7. The Morgan fingerprint density at radius 2 is 1.85 bits per heavy atom. The molecule has 0 fully saturated rings. The number of fused-ring (bicyclic) bond motifs is 12. The van der Waals surface area contributed by atoms with E-state index in [-0.39, 0.29) is 43.3 Å². The Labute approximate surface area is 238 Å². The summed E-state index contributed by atoms with van der Waals surface area (Å²) in [5.41, 5.74) is 3.08. The second-order valence-electron chi connectivity index (χ2n) is 10.3. The minimum Gasteiger partial charge on any atom is -0.493 e. The summed E-state index contributed by atoms with van der Waals surface area (Å²) in [6.07, 6.45) is 1.58. The van der Waals surface area contributed by atoms with Gasteiger partial charge in [0.05, 0.1) is 32.4 Å². The molecule has 0 aliphatic carbocycles. The molecule has 3 aliphatic rings. The van der Waals surface area contributed by atoms with Gasteiger partial charge in [0.25, 0.3) is 5.91 Å². The Morgan fingerprint density at radius 1 is 1.00 bits per heavy atom. The first kappa shape index (κ1) is 28.1. The first-order valence-electron chi connectivity index (χ1n) is 13.8. The Hall–Kier alpha value is -4.47. The van der Waals surface area contributed by atoms with E-state index in [0.717, 1.165) is 11.1 Å². The van der Waals surface area contributed by atoms with Crippen LogP contribution in [0.15, 0.2) is 46.9 Å². The highest BCUT2D eigenvalue weighted by molar-refractivity contribution is 5.97. The van der Waals surface area contributed by atoms with Crippen LogP contribution in [0, 0.1) is 13.8 Å². The molecule has 0 spiro atoms. The van der Waals surface area contributed by atoms with Crippen LogP contribution in [0.1, 0.15) is 58.2 Å². The van der Waals surface area contributed by atoms with Crippen LogP contribution in [0.25, 0.3) is 0 Å². The van der Waals surface area contributed by atoms with E-state index in [2.05, 4.69) is 10.6 Å². The van der Waals surface area contributed by atoms with E-state index in [9.17, 15) is 14.4 Å². The fourth-order valence-electron chi connectivity index (χ4n) is 5.30. The lowest BCUT2D eigenvalue weighted by molar-refractivity contribution is -0.122. The Kier molecular flexibility index (Phi) is 8.47. The van der Waals surface area contributed by atoms with Gasteiger partial charge in [0.15, 0.2) is 11.5 Å². The summed E-state index contributed by atoms with van der Waals surface area (Å²) in [6, 6.07) is 13.1. The molecule has 3 amide bonds. The van der Waals surface area contributed by atoms with E-state index in [4.69, 9.17) is 18.6 Å². The van der Waals surface area contributed by atoms with Gasteiger partial charge in [0.1, 0.15) is 23.9 Å². The van der Waals surface area contributed by atoms with Crippen LogP contribution >= 0.6 is 0 Å². The molecule has 2 aromatic carbocycles. The lowest BCUT2D eigenvalue weighted by Gasteiger charge is -2.27. The minimum absolute atomic E-state index is 0.0767. The summed E-state index contributed by atoms with van der Waals surface area (Å²) in [5, 5.41) is 5.78. The molecule has 10 heteroatoms. The van der Waals surface area contributed by atoms with Gasteiger partial charge in [0, 0.05) is 30.6 Å². The number of nitrogens with zero attached hydrogens (tertiary/aromatic N) is 1. The van der Waals surface area contributed by atoms with E-state index < -0.39 is 0 Å². The summed E-state index contributed by atoms with van der Waals surface area (Å²) in [5.74, 6) is 2.16. The zero-order valence-corrected chi connectivity index (χ0v) is 23.6. The molecule has 6 rings (SSSR count). The van der Waals surface area contributed by atoms with Crippen LogP contribution in [0.4, 0.5) is 5.69 Å². The minimum atomic E-state index is -0.285. The van der Waals surface area contributed by atoms with Gasteiger partial charge in [-0.2, -0.15) is 0 Å². The molecular formula is C31H35N3O7. The van der Waals surface area contributed by atoms with Gasteiger partial charge in [-0.05, 0) is 62.1 Å². The SMILES string of the molecule is COc1ccc2cc1OCCCCN(C(=O)c1cc(C)oc1C)CC(=O)NCCOc1ccc3c(c1)NC(=O)CC23. The van der Waals surface area contributed by atoms with Crippen molar-refractivity contribution in [2.75, 3.05) is 45.3 Å². The first-order chi connectivity index (χ1) is 19.8. The van der Waals surface area contributed by atoms with Crippen LogP contribution in [-0.2, 0) is 9.59 Å². The highest BCUT2D eigenvalue weighted by Gasteiger charge is 2.28. The lowest BCUT2D eigenvalue weighted by Crippen LogP contribution is -2.42. The molecule has 1 atom stereocenters. The fraction of sp³-hybridized carbons (Fsp3) is 0.387. The maximum Gasteiger partial charge on any atom is 0.257 e. The largest absolute Gasteiger partial charge is 0.493 e. The van der Waals surface area contributed by atoms with Gasteiger partial charge < -0.3 is 34.2 Å². The second kappa shape index (κ2) is 12.4. The average Bonchev–Trinajstić information content (AvgIpc) is 3.30. The third-order valence-electron chi connectivity index (χ3n) is 7.32. The van der Waals surface area contributed by atoms with E-state index in [1.807, 2.05) is 30.3 Å². The van der Waals surface area contributed by atoms with Crippen molar-refractivity contribution >= 4 is 23.4 Å². The molecule has 0 saturated carbocycles. The third kappa shape index (κ3) is 6.48. The molecule has 3 aromatic rings. The zero-order chi connectivity index (χ0) is 28.9. The summed E-state index contributed by atoms with van der Waals surface area (Å²) in [7, 11) is 1.59. The standard InChI is InChI=1S/C31H35N3O7/c1-19-14-24(20(2)41-19)31(37)34-11-4-5-12-40-28-15-21(6-9-27(28)38-3)25-17-29(35)33-26-16-22(7-8-23(25)26)39-13-10-32-30(36)18-34/h6-9,14-16,25H,4-5,10-13,17-18H2,1-3H3,(H,32,36)(H,33,35). The molecule has 0 radical (unpaired) electrons. The number of benzene rings is 2. The molecule has 1 aromatic heterocycles. The molecule has 3 aliphatic heterocycles. The summed E-state index contributed by atoms with van der Waals surface area (Å²) < 4.78 is 23.1. The molecule has 2 N–H and O–H groups in total. The Morgan fingerprint density at radius 3 is 2.63 bits per heavy atom. The number of carbonyl (C=O) groups excluding carboxylic acids is 3. The van der Waals surface area contributed by atoms with Crippen molar-refractivity contribution < 1.29 is 33.0 Å². The summed E-state index contributed by atoms with van der Waals surface area (Å²) >= 11 is 0. The van der Waals surface area contributed by atoms with Gasteiger partial charge in [0.2, 0.25) is 11.8 Å². The molecule has 1 unspecified atom stereocenters. The number of carbonyl (C=O) groups is 3. The highest BCUT2D eigenvalue weighted by Crippen LogP contribution is 2.41. The first-order valence-corrected chi connectivity index (χ1v) is 13.8. The Bertz CT molecular complexity index is 1450. The van der Waals surface area contributed by atoms with Gasteiger partial charge >= 0.3 is 0 Å². The van der Waals surface area contributed by atoms with Crippen LogP contribution in [0.2, 0.25) is 0 Å². The molecule has 0 saturated heterocycles. The molecule has 6 bridgehead atoms. The topological polar surface area (TPSA) is 119 Å². The van der Waals surface area contributed by atoms with Crippen LogP contribution < -0.4 is 24.8 Å². The number of methoxy groups -OCH3 is 1. The smallest absolute Gasteiger partial charge is 0.257 e. The monoisotopic (exact) mass is 561 g/mol. The van der Waals surface area contributed by atoms with E-state index in [1.54, 1.807) is 33.1 Å². The van der Waals surface area contributed by atoms with Gasteiger partial charge in [-0.3, -0.25) is 14.4 Å². The van der Waals surface area contributed by atoms with E-state index in [0.29, 0.717) is 72.4 Å².